The number of aryl methyl sites for hydroxylation is 1. The number of aliphatic hydroxyl groups excluding tert-OH is 1. The predicted molar refractivity (Wildman–Crippen MR) is 93.1 cm³/mol. The first-order chi connectivity index (χ1) is 11.8. The fourth-order valence-corrected chi connectivity index (χ4v) is 3.69. The summed E-state index contributed by atoms with van der Waals surface area (Å²) in [6.45, 7) is 2.29. The second-order valence-corrected chi connectivity index (χ2v) is 6.58. The minimum absolute atomic E-state index is 0.258. The van der Waals surface area contributed by atoms with Crippen molar-refractivity contribution in [2.75, 3.05) is 23.3 Å². The van der Waals surface area contributed by atoms with Crippen LogP contribution in [0, 0.1) is 0 Å². The van der Waals surface area contributed by atoms with Crippen LogP contribution in [0.25, 0.3) is 0 Å². The number of hydrogen-bond donors (Lipinski definition) is 2. The maximum absolute atomic E-state index is 9.94. The standard InChI is InChI=1S/C18H23N5O/c24-14-5-3-9-23(11-14)18-13(4-2-8-19-18)10-20-17-15-6-1-7-16(15)21-12-22-17/h2,4,8,12,14,24H,1,3,5-7,9-11H2,(H,20,21,22). The first kappa shape index (κ1) is 15.3. The Balaban J connectivity index is 1.52. The van der Waals surface area contributed by atoms with Crippen LogP contribution in [-0.4, -0.2) is 39.3 Å². The fourth-order valence-electron chi connectivity index (χ4n) is 3.69. The molecule has 126 valence electrons. The van der Waals surface area contributed by atoms with Gasteiger partial charge in [0.2, 0.25) is 0 Å². The molecule has 1 saturated heterocycles. The predicted octanol–water partition coefficient (Wildman–Crippen LogP) is 1.93. The molecule has 0 radical (unpaired) electrons. The van der Waals surface area contributed by atoms with Crippen molar-refractivity contribution in [3.05, 3.63) is 41.5 Å². The number of nitrogens with one attached hydrogen (secondary N) is 1. The van der Waals surface area contributed by atoms with Gasteiger partial charge in [0, 0.05) is 42.7 Å². The van der Waals surface area contributed by atoms with Crippen molar-refractivity contribution in [1.29, 1.82) is 0 Å². The Kier molecular flexibility index (Phi) is 4.30. The molecule has 2 aromatic rings. The molecule has 0 aromatic carbocycles. The lowest BCUT2D eigenvalue weighted by Crippen LogP contribution is -2.39. The van der Waals surface area contributed by atoms with Crippen LogP contribution in [0.5, 0.6) is 0 Å². The summed E-state index contributed by atoms with van der Waals surface area (Å²) in [7, 11) is 0. The summed E-state index contributed by atoms with van der Waals surface area (Å²) in [6.07, 6.45) is 8.36. The number of hydrogen-bond acceptors (Lipinski definition) is 6. The molecule has 0 bridgehead atoms. The van der Waals surface area contributed by atoms with Crippen LogP contribution in [-0.2, 0) is 19.4 Å². The first-order valence-electron chi connectivity index (χ1n) is 8.75. The van der Waals surface area contributed by atoms with E-state index in [2.05, 4.69) is 31.2 Å². The summed E-state index contributed by atoms with van der Waals surface area (Å²) in [5.41, 5.74) is 3.58. The van der Waals surface area contributed by atoms with Crippen LogP contribution in [0.1, 0.15) is 36.1 Å². The first-order valence-corrected chi connectivity index (χ1v) is 8.75. The summed E-state index contributed by atoms with van der Waals surface area (Å²) in [6, 6.07) is 4.06. The third-order valence-corrected chi connectivity index (χ3v) is 4.88. The minimum Gasteiger partial charge on any atom is -0.391 e. The molecule has 0 spiro atoms. The molecular weight excluding hydrogens is 302 g/mol. The highest BCUT2D eigenvalue weighted by atomic mass is 16.3. The summed E-state index contributed by atoms with van der Waals surface area (Å²) in [5, 5.41) is 13.4. The van der Waals surface area contributed by atoms with E-state index in [0.29, 0.717) is 13.1 Å². The van der Waals surface area contributed by atoms with Crippen LogP contribution in [0.3, 0.4) is 0 Å². The quantitative estimate of drug-likeness (QED) is 0.895. The van der Waals surface area contributed by atoms with Gasteiger partial charge < -0.3 is 15.3 Å². The third-order valence-electron chi connectivity index (χ3n) is 4.88. The molecule has 1 atom stereocenters. The highest BCUT2D eigenvalue weighted by Gasteiger charge is 2.21. The number of pyridine rings is 1. The average Bonchev–Trinajstić information content (AvgIpc) is 3.09. The zero-order valence-electron chi connectivity index (χ0n) is 13.8. The molecule has 6 nitrogen and oxygen atoms in total. The van der Waals surface area contributed by atoms with E-state index >= 15 is 0 Å². The molecule has 2 aromatic heterocycles. The number of anilines is 2. The summed E-state index contributed by atoms with van der Waals surface area (Å²) in [5.74, 6) is 1.92. The highest BCUT2D eigenvalue weighted by Crippen LogP contribution is 2.27. The fraction of sp³-hybridized carbons (Fsp3) is 0.500. The molecular formula is C18H23N5O. The molecule has 1 aliphatic carbocycles. The smallest absolute Gasteiger partial charge is 0.133 e. The Hall–Kier alpha value is -2.21. The van der Waals surface area contributed by atoms with E-state index in [1.165, 1.54) is 11.3 Å². The number of rotatable bonds is 4. The van der Waals surface area contributed by atoms with Gasteiger partial charge in [0.15, 0.2) is 0 Å². The van der Waals surface area contributed by atoms with Gasteiger partial charge >= 0.3 is 0 Å². The summed E-state index contributed by atoms with van der Waals surface area (Å²) < 4.78 is 0. The SMILES string of the molecule is OC1CCCN(c2ncccc2CNc2ncnc3c2CCC3)C1. The van der Waals surface area contributed by atoms with Gasteiger partial charge in [0.25, 0.3) is 0 Å². The largest absolute Gasteiger partial charge is 0.391 e. The van der Waals surface area contributed by atoms with E-state index in [1.807, 2.05) is 12.3 Å². The Bertz CT molecular complexity index is 720. The Morgan fingerprint density at radius 1 is 1.21 bits per heavy atom. The second-order valence-electron chi connectivity index (χ2n) is 6.58. The topological polar surface area (TPSA) is 74.2 Å². The molecule has 2 aliphatic rings. The Morgan fingerprint density at radius 3 is 3.08 bits per heavy atom. The molecule has 3 heterocycles. The monoisotopic (exact) mass is 325 g/mol. The summed E-state index contributed by atoms with van der Waals surface area (Å²) in [4.78, 5) is 15.6. The minimum atomic E-state index is -0.258. The van der Waals surface area contributed by atoms with Gasteiger partial charge in [-0.25, -0.2) is 15.0 Å². The zero-order chi connectivity index (χ0) is 16.4. The van der Waals surface area contributed by atoms with Gasteiger partial charge in [-0.15, -0.1) is 0 Å². The highest BCUT2D eigenvalue weighted by molar-refractivity contribution is 5.52. The van der Waals surface area contributed by atoms with Crippen molar-refractivity contribution in [3.8, 4) is 0 Å². The number of β-amino-alcohol motifs (C(OH)–C–C–N with tert-alkyl or cyclic N) is 1. The average molecular weight is 325 g/mol. The van der Waals surface area contributed by atoms with E-state index in [9.17, 15) is 5.11 Å². The number of nitrogens with zero attached hydrogens (tertiary/aromatic N) is 4. The molecule has 0 saturated carbocycles. The van der Waals surface area contributed by atoms with Gasteiger partial charge in [-0.2, -0.15) is 0 Å². The molecule has 1 unspecified atom stereocenters. The van der Waals surface area contributed by atoms with Gasteiger partial charge in [-0.1, -0.05) is 6.07 Å². The molecule has 1 fully saturated rings. The van der Waals surface area contributed by atoms with Crippen molar-refractivity contribution in [2.45, 2.75) is 44.8 Å². The van der Waals surface area contributed by atoms with Crippen molar-refractivity contribution in [1.82, 2.24) is 15.0 Å². The van der Waals surface area contributed by atoms with Crippen LogP contribution in [0.15, 0.2) is 24.7 Å². The van der Waals surface area contributed by atoms with Crippen molar-refractivity contribution in [2.24, 2.45) is 0 Å². The van der Waals surface area contributed by atoms with Gasteiger partial charge in [0.1, 0.15) is 18.0 Å². The number of piperidine rings is 1. The maximum Gasteiger partial charge on any atom is 0.133 e. The molecule has 1 aliphatic heterocycles. The van der Waals surface area contributed by atoms with Crippen LogP contribution in [0.4, 0.5) is 11.6 Å². The van der Waals surface area contributed by atoms with Crippen molar-refractivity contribution < 1.29 is 5.11 Å². The van der Waals surface area contributed by atoms with Crippen LogP contribution >= 0.6 is 0 Å². The molecule has 2 N–H and O–H groups in total. The van der Waals surface area contributed by atoms with E-state index in [1.54, 1.807) is 6.33 Å². The lowest BCUT2D eigenvalue weighted by molar-refractivity contribution is 0.154. The van der Waals surface area contributed by atoms with E-state index < -0.39 is 0 Å². The second kappa shape index (κ2) is 6.73. The number of aromatic nitrogens is 3. The van der Waals surface area contributed by atoms with E-state index in [-0.39, 0.29) is 6.10 Å². The van der Waals surface area contributed by atoms with Gasteiger partial charge in [-0.05, 0) is 38.2 Å². The van der Waals surface area contributed by atoms with Crippen molar-refractivity contribution in [3.63, 3.8) is 0 Å². The lowest BCUT2D eigenvalue weighted by atomic mass is 10.1. The van der Waals surface area contributed by atoms with Gasteiger partial charge in [0.05, 0.1) is 6.10 Å². The molecule has 4 rings (SSSR count). The third kappa shape index (κ3) is 3.06. The molecule has 24 heavy (non-hydrogen) atoms. The zero-order valence-corrected chi connectivity index (χ0v) is 13.8. The maximum atomic E-state index is 9.94. The van der Waals surface area contributed by atoms with Crippen molar-refractivity contribution >= 4 is 11.6 Å². The Morgan fingerprint density at radius 2 is 2.17 bits per heavy atom. The Labute approximate surface area is 142 Å². The number of aliphatic hydroxyl groups is 1. The van der Waals surface area contributed by atoms with Crippen LogP contribution < -0.4 is 10.2 Å². The van der Waals surface area contributed by atoms with E-state index in [0.717, 1.165) is 55.8 Å². The van der Waals surface area contributed by atoms with Gasteiger partial charge in [-0.3, -0.25) is 0 Å². The lowest BCUT2D eigenvalue weighted by Gasteiger charge is -2.32. The summed E-state index contributed by atoms with van der Waals surface area (Å²) >= 11 is 0. The van der Waals surface area contributed by atoms with Crippen LogP contribution in [0.2, 0.25) is 0 Å². The normalized spacial score (nSPS) is 20.0. The molecule has 6 heteroatoms. The number of fused-ring (bicyclic) bond motifs is 1. The molecule has 0 amide bonds. The van der Waals surface area contributed by atoms with E-state index in [4.69, 9.17) is 0 Å².